The van der Waals surface area contributed by atoms with Crippen LogP contribution < -0.4 is 10.6 Å². The zero-order chi connectivity index (χ0) is 17.0. The topological polar surface area (TPSA) is 70.6 Å². The lowest BCUT2D eigenvalue weighted by Gasteiger charge is -2.08. The van der Waals surface area contributed by atoms with E-state index >= 15 is 0 Å². The summed E-state index contributed by atoms with van der Waals surface area (Å²) in [7, 11) is 0. The quantitative estimate of drug-likeness (QED) is 0.826. The first kappa shape index (κ1) is 18.1. The minimum Gasteiger partial charge on any atom is -0.326 e. The first-order valence-electron chi connectivity index (χ1n) is 7.18. The summed E-state index contributed by atoms with van der Waals surface area (Å²) in [4.78, 5) is 28.4. The molecule has 1 aliphatic rings. The molecule has 0 radical (unpaired) electrons. The van der Waals surface area contributed by atoms with Gasteiger partial charge in [0.1, 0.15) is 5.25 Å². The minimum atomic E-state index is -0.479. The summed E-state index contributed by atoms with van der Waals surface area (Å²) in [6.45, 7) is 4.00. The molecular formula is C15H17Cl2N3O2S. The summed E-state index contributed by atoms with van der Waals surface area (Å²) < 4.78 is 0. The molecule has 2 amide bonds. The molecule has 2 N–H and O–H groups in total. The van der Waals surface area contributed by atoms with E-state index in [-0.39, 0.29) is 24.3 Å². The van der Waals surface area contributed by atoms with Crippen LogP contribution in [0.1, 0.15) is 26.7 Å². The standard InChI is InChI=1S/C15H17Cl2N3O2S/c1-3-8(2)18-15-20-14(22)12(23-15)7-13(21)19-11-5-9(16)4-10(17)6-11/h4-6,8,12H,3,7H2,1-2H3,(H,19,21)(H,18,20,22). The Morgan fingerprint density at radius 3 is 2.65 bits per heavy atom. The van der Waals surface area contributed by atoms with Gasteiger partial charge in [-0.25, -0.2) is 0 Å². The summed E-state index contributed by atoms with van der Waals surface area (Å²) in [6, 6.07) is 4.92. The highest BCUT2D eigenvalue weighted by molar-refractivity contribution is 8.15. The number of rotatable bonds is 5. The van der Waals surface area contributed by atoms with E-state index in [4.69, 9.17) is 23.2 Å². The summed E-state index contributed by atoms with van der Waals surface area (Å²) >= 11 is 13.1. The number of nitrogens with one attached hydrogen (secondary N) is 2. The summed E-state index contributed by atoms with van der Waals surface area (Å²) in [5, 5.41) is 6.37. The fourth-order valence-corrected chi connectivity index (χ4v) is 3.50. The molecule has 5 nitrogen and oxygen atoms in total. The van der Waals surface area contributed by atoms with Crippen LogP contribution in [-0.4, -0.2) is 28.3 Å². The van der Waals surface area contributed by atoms with Crippen LogP contribution in [0.5, 0.6) is 0 Å². The van der Waals surface area contributed by atoms with Crippen molar-refractivity contribution in [2.75, 3.05) is 5.32 Å². The number of carbonyl (C=O) groups excluding carboxylic acids is 2. The zero-order valence-electron chi connectivity index (χ0n) is 12.7. The van der Waals surface area contributed by atoms with Crippen molar-refractivity contribution >= 4 is 57.6 Å². The molecule has 0 spiro atoms. The van der Waals surface area contributed by atoms with Gasteiger partial charge in [0.15, 0.2) is 5.17 Å². The number of aliphatic imine (C=N–C) groups is 1. The molecule has 2 rings (SSSR count). The van der Waals surface area contributed by atoms with E-state index < -0.39 is 5.25 Å². The second-order valence-corrected chi connectivity index (χ2v) is 7.26. The van der Waals surface area contributed by atoms with Crippen LogP contribution in [0.3, 0.4) is 0 Å². The van der Waals surface area contributed by atoms with Crippen LogP contribution in [0.2, 0.25) is 10.0 Å². The van der Waals surface area contributed by atoms with Gasteiger partial charge in [-0.3, -0.25) is 14.6 Å². The number of halogens is 2. The number of nitrogens with zero attached hydrogens (tertiary/aromatic N) is 1. The number of amidine groups is 1. The predicted molar refractivity (Wildman–Crippen MR) is 96.4 cm³/mol. The van der Waals surface area contributed by atoms with Crippen molar-refractivity contribution in [3.63, 3.8) is 0 Å². The maximum atomic E-state index is 12.1. The zero-order valence-corrected chi connectivity index (χ0v) is 15.1. The first-order valence-corrected chi connectivity index (χ1v) is 8.82. The molecule has 1 aromatic carbocycles. The maximum Gasteiger partial charge on any atom is 0.240 e. The summed E-state index contributed by atoms with van der Waals surface area (Å²) in [6.07, 6.45) is 0.945. The van der Waals surface area contributed by atoms with Crippen LogP contribution in [0.25, 0.3) is 0 Å². The average molecular weight is 374 g/mol. The Morgan fingerprint density at radius 1 is 1.39 bits per heavy atom. The Hall–Kier alpha value is -1.24. The second-order valence-electron chi connectivity index (χ2n) is 5.20. The number of anilines is 1. The number of carbonyl (C=O) groups is 2. The first-order chi connectivity index (χ1) is 10.9. The molecule has 1 heterocycles. The van der Waals surface area contributed by atoms with E-state index in [0.717, 1.165) is 6.42 Å². The van der Waals surface area contributed by atoms with Gasteiger partial charge in [0.05, 0.1) is 0 Å². The highest BCUT2D eigenvalue weighted by Crippen LogP contribution is 2.25. The van der Waals surface area contributed by atoms with Crippen molar-refractivity contribution < 1.29 is 9.59 Å². The summed E-state index contributed by atoms with van der Waals surface area (Å²) in [5.41, 5.74) is 0.504. The molecule has 2 unspecified atom stereocenters. The monoisotopic (exact) mass is 373 g/mol. The largest absolute Gasteiger partial charge is 0.326 e. The Kier molecular flexibility index (Phi) is 6.33. The normalized spacial score (nSPS) is 20.4. The molecular weight excluding hydrogens is 357 g/mol. The molecule has 0 aliphatic carbocycles. The summed E-state index contributed by atoms with van der Waals surface area (Å²) in [5.74, 6) is -0.475. The Bertz CT molecular complexity index is 631. The lowest BCUT2D eigenvalue weighted by Crippen LogP contribution is -2.28. The van der Waals surface area contributed by atoms with E-state index in [0.29, 0.717) is 20.9 Å². The van der Waals surface area contributed by atoms with Crippen LogP contribution in [0.4, 0.5) is 5.69 Å². The van der Waals surface area contributed by atoms with Crippen LogP contribution in [0.15, 0.2) is 23.2 Å². The van der Waals surface area contributed by atoms with Gasteiger partial charge >= 0.3 is 0 Å². The molecule has 1 fully saturated rings. The third-order valence-corrected chi connectivity index (χ3v) is 4.75. The molecule has 0 aromatic heterocycles. The lowest BCUT2D eigenvalue weighted by atomic mass is 10.2. The van der Waals surface area contributed by atoms with Crippen LogP contribution >= 0.6 is 35.0 Å². The number of thioether (sulfide) groups is 1. The Balaban J connectivity index is 1.95. The van der Waals surface area contributed by atoms with Gasteiger partial charge in [-0.15, -0.1) is 0 Å². The van der Waals surface area contributed by atoms with Crippen molar-refractivity contribution in [2.45, 2.75) is 38.0 Å². The van der Waals surface area contributed by atoms with Crippen molar-refractivity contribution in [1.29, 1.82) is 0 Å². The molecule has 23 heavy (non-hydrogen) atoms. The average Bonchev–Trinajstić information content (AvgIpc) is 2.77. The SMILES string of the molecule is CCC(C)N=C1NC(=O)C(CC(=O)Nc2cc(Cl)cc(Cl)c2)S1. The molecule has 0 saturated carbocycles. The fourth-order valence-electron chi connectivity index (χ4n) is 1.90. The number of hydrogen-bond acceptors (Lipinski definition) is 4. The molecule has 0 bridgehead atoms. The van der Waals surface area contributed by atoms with Gasteiger partial charge in [0.25, 0.3) is 0 Å². The maximum absolute atomic E-state index is 12.1. The fraction of sp³-hybridized carbons (Fsp3) is 0.400. The van der Waals surface area contributed by atoms with Gasteiger partial charge in [-0.1, -0.05) is 41.9 Å². The van der Waals surface area contributed by atoms with Gasteiger partial charge < -0.3 is 10.6 Å². The van der Waals surface area contributed by atoms with E-state index in [9.17, 15) is 9.59 Å². The highest BCUT2D eigenvalue weighted by Gasteiger charge is 2.32. The van der Waals surface area contributed by atoms with E-state index in [2.05, 4.69) is 15.6 Å². The van der Waals surface area contributed by atoms with Gasteiger partial charge in [-0.05, 0) is 31.5 Å². The number of amides is 2. The lowest BCUT2D eigenvalue weighted by molar-refractivity contribution is -0.122. The van der Waals surface area contributed by atoms with Gasteiger partial charge in [0.2, 0.25) is 11.8 Å². The molecule has 8 heteroatoms. The van der Waals surface area contributed by atoms with Gasteiger partial charge in [-0.2, -0.15) is 0 Å². The molecule has 1 aliphatic heterocycles. The molecule has 124 valence electrons. The number of hydrogen-bond donors (Lipinski definition) is 2. The molecule has 2 atom stereocenters. The highest BCUT2D eigenvalue weighted by atomic mass is 35.5. The predicted octanol–water partition coefficient (Wildman–Crippen LogP) is 3.71. The smallest absolute Gasteiger partial charge is 0.240 e. The van der Waals surface area contributed by atoms with Crippen LogP contribution in [-0.2, 0) is 9.59 Å². The van der Waals surface area contributed by atoms with Crippen molar-refractivity contribution in [3.05, 3.63) is 28.2 Å². The second kappa shape index (κ2) is 8.04. The Labute approximate surface area is 149 Å². The van der Waals surface area contributed by atoms with E-state index in [1.165, 1.54) is 11.8 Å². The molecule has 1 saturated heterocycles. The van der Waals surface area contributed by atoms with Crippen molar-refractivity contribution in [1.82, 2.24) is 5.32 Å². The van der Waals surface area contributed by atoms with E-state index in [1.807, 2.05) is 13.8 Å². The van der Waals surface area contributed by atoms with Crippen molar-refractivity contribution in [3.8, 4) is 0 Å². The Morgan fingerprint density at radius 2 is 2.04 bits per heavy atom. The minimum absolute atomic E-state index is 0.0557. The third kappa shape index (κ3) is 5.41. The van der Waals surface area contributed by atoms with Gasteiger partial charge in [0, 0.05) is 28.2 Å². The third-order valence-electron chi connectivity index (χ3n) is 3.22. The van der Waals surface area contributed by atoms with Crippen molar-refractivity contribution in [2.24, 2.45) is 4.99 Å². The van der Waals surface area contributed by atoms with Crippen LogP contribution in [0, 0.1) is 0 Å². The van der Waals surface area contributed by atoms with E-state index in [1.54, 1.807) is 18.2 Å². The number of benzene rings is 1. The molecule has 1 aromatic rings.